The van der Waals surface area contributed by atoms with E-state index in [-0.39, 0.29) is 10.9 Å². The molecule has 1 aromatic carbocycles. The monoisotopic (exact) mass is 294 g/mol. The third kappa shape index (κ3) is 2.60. The molecule has 1 aromatic heterocycles. The van der Waals surface area contributed by atoms with Crippen LogP contribution in [0.15, 0.2) is 44.4 Å². The fourth-order valence-electron chi connectivity index (χ4n) is 2.26. The fourth-order valence-corrected chi connectivity index (χ4v) is 3.57. The highest BCUT2D eigenvalue weighted by Gasteiger charge is 2.22. The lowest BCUT2D eigenvalue weighted by Gasteiger charge is -2.12. The Labute approximate surface area is 115 Å². The number of sulfonamides is 1. The second-order valence-corrected chi connectivity index (χ2v) is 6.48. The standard InChI is InChI=1S/C13H14N2O4S/c16-13-4-1-9-7-11(2-3-12(9)19-13)20(17,18)15-10-5-6-14-8-10/h1-4,7,10,14-15H,5-6,8H2/t10-/m0/s1. The molecule has 1 aliphatic heterocycles. The lowest BCUT2D eigenvalue weighted by molar-refractivity contribution is 0.557. The summed E-state index contributed by atoms with van der Waals surface area (Å²) in [6.07, 6.45) is 0.779. The Morgan fingerprint density at radius 2 is 2.10 bits per heavy atom. The first-order valence-corrected chi connectivity index (χ1v) is 7.80. The van der Waals surface area contributed by atoms with E-state index >= 15 is 0 Å². The molecule has 106 valence electrons. The molecule has 20 heavy (non-hydrogen) atoms. The van der Waals surface area contributed by atoms with Gasteiger partial charge in [0.05, 0.1) is 4.90 Å². The van der Waals surface area contributed by atoms with Crippen LogP contribution >= 0.6 is 0 Å². The predicted octanol–water partition coefficient (Wildman–Crippen LogP) is 0.433. The quantitative estimate of drug-likeness (QED) is 0.802. The lowest BCUT2D eigenvalue weighted by Crippen LogP contribution is -2.36. The minimum atomic E-state index is -3.56. The van der Waals surface area contributed by atoms with E-state index < -0.39 is 15.6 Å². The van der Waals surface area contributed by atoms with E-state index in [9.17, 15) is 13.2 Å². The highest BCUT2D eigenvalue weighted by molar-refractivity contribution is 7.89. The maximum Gasteiger partial charge on any atom is 0.336 e. The normalized spacial score (nSPS) is 19.5. The summed E-state index contributed by atoms with van der Waals surface area (Å²) in [4.78, 5) is 11.3. The summed E-state index contributed by atoms with van der Waals surface area (Å²) < 4.78 is 32.2. The first-order chi connectivity index (χ1) is 9.54. The molecule has 7 heteroatoms. The van der Waals surface area contributed by atoms with Gasteiger partial charge in [0.2, 0.25) is 10.0 Å². The van der Waals surface area contributed by atoms with Crippen LogP contribution in [0, 0.1) is 0 Å². The van der Waals surface area contributed by atoms with Crippen LogP contribution in [0.1, 0.15) is 6.42 Å². The highest BCUT2D eigenvalue weighted by atomic mass is 32.2. The lowest BCUT2D eigenvalue weighted by atomic mass is 10.2. The summed E-state index contributed by atoms with van der Waals surface area (Å²) in [5.41, 5.74) is -0.0813. The molecule has 0 unspecified atom stereocenters. The van der Waals surface area contributed by atoms with Gasteiger partial charge in [-0.15, -0.1) is 0 Å². The largest absolute Gasteiger partial charge is 0.423 e. The third-order valence-electron chi connectivity index (χ3n) is 3.28. The van der Waals surface area contributed by atoms with Gasteiger partial charge in [0.15, 0.2) is 0 Å². The minimum absolute atomic E-state index is 0.0793. The number of benzene rings is 1. The molecule has 0 bridgehead atoms. The average molecular weight is 294 g/mol. The number of fused-ring (bicyclic) bond motifs is 1. The van der Waals surface area contributed by atoms with Crippen molar-refractivity contribution >= 4 is 21.0 Å². The van der Waals surface area contributed by atoms with Crippen LogP contribution in [0.3, 0.4) is 0 Å². The van der Waals surface area contributed by atoms with Crippen LogP contribution in [-0.2, 0) is 10.0 Å². The first-order valence-electron chi connectivity index (χ1n) is 6.31. The second kappa shape index (κ2) is 5.01. The van der Waals surface area contributed by atoms with Crippen LogP contribution in [0.25, 0.3) is 11.0 Å². The number of rotatable bonds is 3. The SMILES string of the molecule is O=c1ccc2cc(S(=O)(=O)N[C@H]3CCNC3)ccc2o1. The molecule has 2 heterocycles. The van der Waals surface area contributed by atoms with Gasteiger partial charge in [0.1, 0.15) is 5.58 Å². The fraction of sp³-hybridized carbons (Fsp3) is 0.308. The van der Waals surface area contributed by atoms with Crippen molar-refractivity contribution in [2.24, 2.45) is 0 Å². The van der Waals surface area contributed by atoms with Gasteiger partial charge in [-0.25, -0.2) is 17.9 Å². The molecule has 2 aromatic rings. The van der Waals surface area contributed by atoms with Crippen molar-refractivity contribution in [1.29, 1.82) is 0 Å². The van der Waals surface area contributed by atoms with Gasteiger partial charge in [-0.3, -0.25) is 0 Å². The molecule has 1 fully saturated rings. The van der Waals surface area contributed by atoms with Gasteiger partial charge in [0, 0.05) is 24.0 Å². The van der Waals surface area contributed by atoms with Crippen LogP contribution in [-0.4, -0.2) is 27.5 Å². The van der Waals surface area contributed by atoms with E-state index in [1.165, 1.54) is 24.3 Å². The zero-order valence-electron chi connectivity index (χ0n) is 10.6. The Bertz CT molecular complexity index is 791. The average Bonchev–Trinajstić information content (AvgIpc) is 2.90. The summed E-state index contributed by atoms with van der Waals surface area (Å²) >= 11 is 0. The molecule has 6 nitrogen and oxygen atoms in total. The Morgan fingerprint density at radius 3 is 2.85 bits per heavy atom. The summed E-state index contributed by atoms with van der Waals surface area (Å²) in [6, 6.07) is 7.19. The van der Waals surface area contributed by atoms with Crippen LogP contribution in [0.2, 0.25) is 0 Å². The van der Waals surface area contributed by atoms with Gasteiger partial charge in [-0.1, -0.05) is 0 Å². The molecule has 0 amide bonds. The summed E-state index contributed by atoms with van der Waals surface area (Å²) in [5.74, 6) is 0. The predicted molar refractivity (Wildman–Crippen MR) is 74.1 cm³/mol. The van der Waals surface area contributed by atoms with Gasteiger partial charge in [-0.2, -0.15) is 0 Å². The van der Waals surface area contributed by atoms with E-state index in [1.807, 2.05) is 0 Å². The van der Waals surface area contributed by atoms with E-state index in [4.69, 9.17) is 4.42 Å². The topological polar surface area (TPSA) is 88.4 Å². The number of nitrogens with one attached hydrogen (secondary N) is 2. The molecular formula is C13H14N2O4S. The molecular weight excluding hydrogens is 280 g/mol. The van der Waals surface area contributed by atoms with Gasteiger partial charge >= 0.3 is 5.63 Å². The highest BCUT2D eigenvalue weighted by Crippen LogP contribution is 2.18. The zero-order chi connectivity index (χ0) is 14.2. The smallest absolute Gasteiger partial charge is 0.336 e. The Hall–Kier alpha value is -1.70. The maximum absolute atomic E-state index is 12.3. The molecule has 0 aliphatic carbocycles. The van der Waals surface area contributed by atoms with Crippen LogP contribution < -0.4 is 15.7 Å². The summed E-state index contributed by atoms with van der Waals surface area (Å²) in [6.45, 7) is 1.46. The van der Waals surface area contributed by atoms with Gasteiger partial charge in [0.25, 0.3) is 0 Å². The van der Waals surface area contributed by atoms with Crippen molar-refractivity contribution in [3.63, 3.8) is 0 Å². The van der Waals surface area contributed by atoms with Crippen molar-refractivity contribution in [3.8, 4) is 0 Å². The van der Waals surface area contributed by atoms with Crippen LogP contribution in [0.5, 0.6) is 0 Å². The van der Waals surface area contributed by atoms with E-state index in [0.29, 0.717) is 17.5 Å². The number of hydrogen-bond donors (Lipinski definition) is 2. The molecule has 0 radical (unpaired) electrons. The van der Waals surface area contributed by atoms with Gasteiger partial charge < -0.3 is 9.73 Å². The van der Waals surface area contributed by atoms with E-state index in [1.54, 1.807) is 6.07 Å². The van der Waals surface area contributed by atoms with Crippen LogP contribution in [0.4, 0.5) is 0 Å². The third-order valence-corrected chi connectivity index (χ3v) is 4.80. The van der Waals surface area contributed by atoms with Gasteiger partial charge in [-0.05, 0) is 37.2 Å². The Morgan fingerprint density at radius 1 is 1.25 bits per heavy atom. The van der Waals surface area contributed by atoms with E-state index in [2.05, 4.69) is 10.0 Å². The molecule has 1 atom stereocenters. The minimum Gasteiger partial charge on any atom is -0.423 e. The molecule has 0 spiro atoms. The van der Waals surface area contributed by atoms with Crippen molar-refractivity contribution < 1.29 is 12.8 Å². The molecule has 1 saturated heterocycles. The number of hydrogen-bond acceptors (Lipinski definition) is 5. The summed E-state index contributed by atoms with van der Waals surface area (Å²) in [5, 5.41) is 3.69. The second-order valence-electron chi connectivity index (χ2n) is 4.77. The molecule has 1 aliphatic rings. The van der Waals surface area contributed by atoms with E-state index in [0.717, 1.165) is 13.0 Å². The molecule has 3 rings (SSSR count). The van der Waals surface area contributed by atoms with Crippen molar-refractivity contribution in [3.05, 3.63) is 40.8 Å². The van der Waals surface area contributed by atoms with Crippen molar-refractivity contribution in [2.45, 2.75) is 17.4 Å². The van der Waals surface area contributed by atoms with Crippen molar-refractivity contribution in [1.82, 2.24) is 10.0 Å². The maximum atomic E-state index is 12.3. The van der Waals surface area contributed by atoms with Crippen molar-refractivity contribution in [2.75, 3.05) is 13.1 Å². The first kappa shape index (κ1) is 13.3. The Balaban J connectivity index is 1.96. The molecule has 0 saturated carbocycles. The summed E-state index contributed by atoms with van der Waals surface area (Å²) in [7, 11) is -3.56. The zero-order valence-corrected chi connectivity index (χ0v) is 11.4. The molecule has 2 N–H and O–H groups in total. The Kier molecular flexibility index (Phi) is 3.33.